The molecule has 127 heavy (non-hydrogen) atoms. The number of methoxy groups -OCH3 is 3. The third-order valence-corrected chi connectivity index (χ3v) is 34.1. The number of fused-ring (bicyclic) bond motifs is 10. The maximum Gasteiger partial charge on any atom is 0.286 e. The molecule has 3 spiro atoms. The van der Waals surface area contributed by atoms with Crippen LogP contribution < -0.4 is 39.2 Å². The van der Waals surface area contributed by atoms with Gasteiger partial charge in [0.1, 0.15) is 37.1 Å². The highest BCUT2D eigenvalue weighted by molar-refractivity contribution is 7.93. The fourth-order valence-corrected chi connectivity index (χ4v) is 27.1. The Hall–Kier alpha value is -7.65. The molecule has 0 radical (unpaired) electrons. The van der Waals surface area contributed by atoms with Gasteiger partial charge in [-0.3, -0.25) is 14.4 Å². The van der Waals surface area contributed by atoms with Gasteiger partial charge >= 0.3 is 0 Å². The molecule has 16 rings (SSSR count). The van der Waals surface area contributed by atoms with E-state index in [4.69, 9.17) is 73.5 Å². The van der Waals surface area contributed by atoms with Gasteiger partial charge in [0, 0.05) is 132 Å². The number of nitrogens with two attached hydrogens (primary N) is 2. The van der Waals surface area contributed by atoms with Crippen molar-refractivity contribution >= 4 is 99.1 Å². The van der Waals surface area contributed by atoms with Gasteiger partial charge in [-0.05, 0) is 293 Å². The van der Waals surface area contributed by atoms with Crippen molar-refractivity contribution in [1.82, 2.24) is 0 Å². The van der Waals surface area contributed by atoms with Crippen LogP contribution in [0.1, 0.15) is 182 Å². The highest BCUT2D eigenvalue weighted by Gasteiger charge is 2.49. The molecule has 2 unspecified atom stereocenters. The van der Waals surface area contributed by atoms with Crippen LogP contribution in [-0.4, -0.2) is 153 Å². The van der Waals surface area contributed by atoms with Crippen molar-refractivity contribution in [2.75, 3.05) is 119 Å². The van der Waals surface area contributed by atoms with E-state index in [0.29, 0.717) is 90.6 Å². The molecular formula is C101H129Cl3N8O12S3. The Labute approximate surface area is 769 Å². The summed E-state index contributed by atoms with van der Waals surface area (Å²) in [4.78, 5) is 47.3. The van der Waals surface area contributed by atoms with Crippen LogP contribution in [0, 0.1) is 53.3 Å². The van der Waals surface area contributed by atoms with Crippen LogP contribution in [0.5, 0.6) is 17.2 Å². The fraction of sp³-hybridized carbons (Fsp3) is 0.515. The molecule has 6 aliphatic carbocycles. The molecule has 684 valence electrons. The van der Waals surface area contributed by atoms with Crippen molar-refractivity contribution in [3.63, 3.8) is 0 Å². The minimum atomic E-state index is -3.19. The lowest BCUT2D eigenvalue weighted by Crippen LogP contribution is -2.49. The van der Waals surface area contributed by atoms with Crippen molar-refractivity contribution < 1.29 is 55.4 Å². The van der Waals surface area contributed by atoms with E-state index in [0.717, 1.165) is 191 Å². The molecule has 0 saturated heterocycles. The van der Waals surface area contributed by atoms with E-state index in [1.54, 1.807) is 51.9 Å². The van der Waals surface area contributed by atoms with E-state index in [1.807, 2.05) is 93.6 Å². The minimum Gasteiger partial charge on any atom is -0.490 e. The number of nitrogens with zero attached hydrogens (tertiary/aromatic N) is 6. The molecule has 4 heterocycles. The number of hydrogen-bond acceptors (Lipinski definition) is 15. The van der Waals surface area contributed by atoms with E-state index in [2.05, 4.69) is 103 Å². The number of rotatable bonds is 21. The Balaban J connectivity index is 0.000000154. The van der Waals surface area contributed by atoms with Crippen molar-refractivity contribution in [3.8, 4) is 17.2 Å². The molecule has 4 aliphatic heterocycles. The highest BCUT2D eigenvalue weighted by Crippen LogP contribution is 2.52. The van der Waals surface area contributed by atoms with E-state index in [1.165, 1.54) is 33.4 Å². The second-order valence-electron chi connectivity index (χ2n) is 38.0. The van der Waals surface area contributed by atoms with Crippen molar-refractivity contribution in [1.29, 1.82) is 0 Å². The summed E-state index contributed by atoms with van der Waals surface area (Å²) in [6, 6.07) is 35.1. The normalized spacial score (nSPS) is 28.4. The SMILES string of the molecule is C=CC[C@H](C)CS(N)(=O)=NC(=O)c1ccc2c(c1)N(C[C@@H]1CC[C@H]1[C@H](C=C)OC)C[C@@]1(CCCc3cc(Cl)ccc31)CO2.C=CC[C@H](C)C[S@@](C)(=O)=NC(=O)c1ccc2c(c1)N(C[C@@H]1CC[C@H]1[C@H](C=C)OC)C[C@@]1(CCCc3cc(Cl)ccc31)CO2.CO[C@H]1/C=C/C[C@H](C)CS(N)(=O)=NC(=O)c2ccc3c(c2)N(C[C@@H]2CC[C@H]21)C[C@@]1(CCCc2cc(Cl)ccc21)CO3. The van der Waals surface area contributed by atoms with E-state index in [-0.39, 0.29) is 63.8 Å². The Morgan fingerprint density at radius 1 is 0.622 bits per heavy atom. The molecule has 10 aliphatic rings. The number of carbonyl (C=O) groups excluding carboxylic acids is 3. The summed E-state index contributed by atoms with van der Waals surface area (Å²) in [5, 5.41) is 14.4. The first-order valence-electron chi connectivity index (χ1n) is 45.3. The second kappa shape index (κ2) is 41.0. The quantitative estimate of drug-likeness (QED) is 0.0635. The van der Waals surface area contributed by atoms with Gasteiger partial charge in [-0.1, -0.05) is 110 Å². The maximum atomic E-state index is 13.4. The van der Waals surface area contributed by atoms with Crippen LogP contribution in [0.4, 0.5) is 17.1 Å². The zero-order valence-electron chi connectivity index (χ0n) is 74.9. The molecule has 3 amide bonds. The lowest BCUT2D eigenvalue weighted by Gasteiger charge is -2.46. The number of allylic oxidation sites excluding steroid dienone is 3. The Kier molecular flexibility index (Phi) is 30.8. The molecule has 18 atom stereocenters. The largest absolute Gasteiger partial charge is 0.490 e. The average molecular weight is 1850 g/mol. The lowest BCUT2D eigenvalue weighted by molar-refractivity contribution is 0.0131. The van der Waals surface area contributed by atoms with E-state index < -0.39 is 47.3 Å². The first-order chi connectivity index (χ1) is 60.8. The van der Waals surface area contributed by atoms with Crippen molar-refractivity contribution in [2.45, 2.75) is 171 Å². The molecule has 6 aromatic carbocycles. The monoisotopic (exact) mass is 1850 g/mol. The lowest BCUT2D eigenvalue weighted by atomic mass is 9.68. The van der Waals surface area contributed by atoms with Gasteiger partial charge in [0.2, 0.25) is 0 Å². The minimum absolute atomic E-state index is 0.000793. The molecule has 3 fully saturated rings. The Morgan fingerprint density at radius 2 is 1.09 bits per heavy atom. The first kappa shape index (κ1) is 95.4. The summed E-state index contributed by atoms with van der Waals surface area (Å²) in [6.45, 7) is 27.8. The molecule has 4 N–H and O–H groups in total. The Morgan fingerprint density at radius 3 is 1.53 bits per heavy atom. The van der Waals surface area contributed by atoms with Gasteiger partial charge in [0.05, 0.1) is 64.9 Å². The molecule has 3 saturated carbocycles. The summed E-state index contributed by atoms with van der Waals surface area (Å²) >= 11 is 19.2. The topological polar surface area (TPSA) is 257 Å². The number of anilines is 3. The number of aryl methyl sites for hydroxylation is 3. The third kappa shape index (κ3) is 22.1. The van der Waals surface area contributed by atoms with Gasteiger partial charge in [0.25, 0.3) is 17.7 Å². The van der Waals surface area contributed by atoms with Gasteiger partial charge in [-0.25, -0.2) is 22.9 Å². The summed E-state index contributed by atoms with van der Waals surface area (Å²) < 4.78 is 88.9. The molecule has 20 nitrogen and oxygen atoms in total. The summed E-state index contributed by atoms with van der Waals surface area (Å²) in [6.07, 6.45) is 31.2. The second-order valence-corrected chi connectivity index (χ2v) is 45.5. The van der Waals surface area contributed by atoms with Crippen LogP contribution in [-0.2, 0) is 79.3 Å². The summed E-state index contributed by atoms with van der Waals surface area (Å²) in [7, 11) is -3.79. The Bertz CT molecular complexity index is 5320. The molecule has 6 aromatic rings. The standard InChI is InChI=1S/C35H45ClN2O4S.C34H44ClN3O4S.C32H40ClN3O4S/c1-6-9-24(3)21-43(5,40)37-34(39)26-12-16-33-31(19-26)38(20-27-11-14-29(27)32(7-2)41-4)22-35(23-42-33)17-8-10-25-18-28(36)13-15-30(25)35;1-5-8-23(3)20-43(36,40)37-33(39)25-11-15-32-30(18-25)38(19-26-10-13-28(26)31(6-2)41-4)21-34(22-42-32)16-7-9-24-17-27(35)12-14-29(24)34;1-21-5-3-7-29(39-2)26-11-8-24(26)17-36-19-32(14-4-6-22-15-25(33)10-12-27(22)32)20-40-30-13-9-23(16-28(30)36)31(37)35-41(34,38)18-21/h6-7,12-13,15-16,18-19,24,27,29,32H,1-2,8-11,14,17,20-23H2,3-5H3;5-6,11-12,14-15,17-18,23,26,28,31H,1-2,7-10,13,16,19-22H2,3-4H3,(H2,36,37,39,40);3,7,9-10,12-13,15-16,21,24,26,29H,4-6,8,11,14,17-20H2,1-2H3,(H2,34,35,37,38)/b;;7-3+/t24-,27-,29+,32-,35-,43+;23-,26-,28+,31-,34-,43?;21-,24-,26+,29-,32-,41?/m000/s1. The number of amides is 3. The molecule has 26 heteroatoms. The third-order valence-electron chi connectivity index (χ3n) is 28.6. The van der Waals surface area contributed by atoms with Crippen LogP contribution in [0.3, 0.4) is 0 Å². The zero-order chi connectivity index (χ0) is 90.3. The number of carbonyl (C=O) groups is 3. The van der Waals surface area contributed by atoms with Gasteiger partial charge < -0.3 is 43.1 Å². The summed E-state index contributed by atoms with van der Waals surface area (Å²) in [5.74, 6) is 3.88. The van der Waals surface area contributed by atoms with Crippen molar-refractivity contribution in [3.05, 3.63) is 237 Å². The summed E-state index contributed by atoms with van der Waals surface area (Å²) in [5.41, 5.74) is 10.9. The smallest absolute Gasteiger partial charge is 0.286 e. The van der Waals surface area contributed by atoms with Crippen LogP contribution >= 0.6 is 34.8 Å². The first-order valence-corrected chi connectivity index (χ1v) is 52.1. The van der Waals surface area contributed by atoms with E-state index >= 15 is 0 Å². The highest BCUT2D eigenvalue weighted by atomic mass is 35.5. The van der Waals surface area contributed by atoms with Gasteiger partial charge in [-0.15, -0.1) is 35.0 Å². The van der Waals surface area contributed by atoms with E-state index in [9.17, 15) is 27.0 Å². The molecular weight excluding hydrogens is 1720 g/mol. The number of benzene rings is 6. The molecule has 2 bridgehead atoms. The van der Waals surface area contributed by atoms with Crippen LogP contribution in [0.15, 0.2) is 185 Å². The predicted octanol–water partition coefficient (Wildman–Crippen LogP) is 20.2. The van der Waals surface area contributed by atoms with Crippen LogP contribution in [0.25, 0.3) is 0 Å². The van der Waals surface area contributed by atoms with Gasteiger partial charge in [0.15, 0.2) is 0 Å². The number of halogens is 3. The number of ether oxygens (including phenoxy) is 6. The zero-order valence-corrected chi connectivity index (χ0v) is 79.6. The maximum absolute atomic E-state index is 13.4. The van der Waals surface area contributed by atoms with Crippen molar-refractivity contribution in [2.24, 2.45) is 76.6 Å². The fourth-order valence-electron chi connectivity index (χ4n) is 21.9. The molecule has 0 aromatic heterocycles. The van der Waals surface area contributed by atoms with Crippen LogP contribution in [0.2, 0.25) is 15.1 Å². The predicted molar refractivity (Wildman–Crippen MR) is 517 cm³/mol. The number of hydrogen-bond donors (Lipinski definition) is 2. The van der Waals surface area contributed by atoms with Gasteiger partial charge in [-0.2, -0.15) is 4.36 Å². The average Bonchev–Trinajstić information content (AvgIpc) is 1.67.